The van der Waals surface area contributed by atoms with E-state index in [1.807, 2.05) is 25.1 Å². The van der Waals surface area contributed by atoms with Crippen LogP contribution in [-0.4, -0.2) is 5.91 Å². The molecule has 1 amide bonds. The fourth-order valence-corrected chi connectivity index (χ4v) is 1.97. The van der Waals surface area contributed by atoms with Gasteiger partial charge in [0.25, 0.3) is 0 Å². The Balaban J connectivity index is 2.31. The van der Waals surface area contributed by atoms with Crippen LogP contribution in [0.4, 0.5) is 5.69 Å². The molecule has 0 bridgehead atoms. The van der Waals surface area contributed by atoms with Crippen LogP contribution in [-0.2, 0) is 11.2 Å². The number of anilines is 1. The summed E-state index contributed by atoms with van der Waals surface area (Å²) in [5.74, 6) is 0.117. The summed E-state index contributed by atoms with van der Waals surface area (Å²) in [4.78, 5) is 11.3. The molecule has 1 aromatic rings. The lowest BCUT2D eigenvalue weighted by molar-refractivity contribution is -0.116. The summed E-state index contributed by atoms with van der Waals surface area (Å²) in [5, 5.41) is 2.90. The topological polar surface area (TPSA) is 29.1 Å². The van der Waals surface area contributed by atoms with Crippen molar-refractivity contribution in [3.8, 4) is 0 Å². The van der Waals surface area contributed by atoms with Crippen LogP contribution in [0.25, 0.3) is 5.57 Å². The van der Waals surface area contributed by atoms with Crippen LogP contribution >= 0.6 is 0 Å². The van der Waals surface area contributed by atoms with Gasteiger partial charge in [-0.2, -0.15) is 0 Å². The molecule has 1 aliphatic rings. The van der Waals surface area contributed by atoms with Crippen molar-refractivity contribution in [1.82, 2.24) is 0 Å². The minimum absolute atomic E-state index is 0.117. The first kappa shape index (κ1) is 11.6. The van der Waals surface area contributed by atoms with E-state index in [0.29, 0.717) is 6.42 Å². The lowest BCUT2D eigenvalue weighted by Crippen LogP contribution is -2.18. The summed E-state index contributed by atoms with van der Waals surface area (Å²) in [6, 6.07) is 6.22. The van der Waals surface area contributed by atoms with Gasteiger partial charge in [-0.15, -0.1) is 0 Å². The Morgan fingerprint density at radius 2 is 2.18 bits per heavy atom. The van der Waals surface area contributed by atoms with E-state index in [2.05, 4.69) is 30.4 Å². The van der Waals surface area contributed by atoms with E-state index in [1.165, 1.54) is 16.7 Å². The number of carbonyl (C=O) groups is 1. The molecule has 88 valence electrons. The molecule has 0 saturated carbocycles. The number of hydrogen-bond donors (Lipinski definition) is 1. The fourth-order valence-electron chi connectivity index (χ4n) is 1.97. The summed E-state index contributed by atoms with van der Waals surface area (Å²) < 4.78 is 0. The average molecular weight is 227 g/mol. The second kappa shape index (κ2) is 5.00. The first-order valence-corrected chi connectivity index (χ1v) is 5.93. The maximum absolute atomic E-state index is 11.3. The molecular formula is C15H17NO. The van der Waals surface area contributed by atoms with E-state index < -0.39 is 0 Å². The number of benzene rings is 1. The minimum Gasteiger partial charge on any atom is -0.326 e. The molecule has 17 heavy (non-hydrogen) atoms. The summed E-state index contributed by atoms with van der Waals surface area (Å²) in [7, 11) is 0. The van der Waals surface area contributed by atoms with Gasteiger partial charge in [-0.1, -0.05) is 24.3 Å². The van der Waals surface area contributed by atoms with E-state index >= 15 is 0 Å². The number of aryl methyl sites for hydroxylation is 1. The van der Waals surface area contributed by atoms with Gasteiger partial charge in [0.15, 0.2) is 0 Å². The molecule has 2 nitrogen and oxygen atoms in total. The van der Waals surface area contributed by atoms with E-state index in [1.54, 1.807) is 0 Å². The van der Waals surface area contributed by atoms with E-state index in [-0.39, 0.29) is 5.91 Å². The van der Waals surface area contributed by atoms with Crippen LogP contribution in [0.3, 0.4) is 0 Å². The Labute approximate surface area is 102 Å². The Morgan fingerprint density at radius 3 is 2.94 bits per heavy atom. The molecule has 0 saturated heterocycles. The molecule has 0 atom stereocenters. The molecule has 0 aliphatic carbocycles. The quantitative estimate of drug-likeness (QED) is 0.769. The SMILES string of the molecule is C/C=C\C=C(/C)c1ccc2c(c1)CCC(=O)N2. The van der Waals surface area contributed by atoms with Crippen molar-refractivity contribution in [2.75, 3.05) is 5.32 Å². The molecule has 0 fully saturated rings. The number of fused-ring (bicyclic) bond motifs is 1. The van der Waals surface area contributed by atoms with Gasteiger partial charge in [0.2, 0.25) is 5.91 Å². The molecule has 0 radical (unpaired) electrons. The van der Waals surface area contributed by atoms with Gasteiger partial charge in [0.1, 0.15) is 0 Å². The third-order valence-corrected chi connectivity index (χ3v) is 2.99. The fraction of sp³-hybridized carbons (Fsp3) is 0.267. The number of nitrogens with one attached hydrogen (secondary N) is 1. The first-order valence-electron chi connectivity index (χ1n) is 5.93. The molecule has 0 aromatic heterocycles. The van der Waals surface area contributed by atoms with E-state index in [9.17, 15) is 4.79 Å². The molecule has 2 heteroatoms. The highest BCUT2D eigenvalue weighted by atomic mass is 16.1. The summed E-state index contributed by atoms with van der Waals surface area (Å²) in [6.07, 6.45) is 7.59. The third-order valence-electron chi connectivity index (χ3n) is 2.99. The molecule has 2 rings (SSSR count). The Bertz CT molecular complexity index is 498. The van der Waals surface area contributed by atoms with E-state index in [0.717, 1.165) is 12.1 Å². The predicted molar refractivity (Wildman–Crippen MR) is 71.9 cm³/mol. The van der Waals surface area contributed by atoms with Gasteiger partial charge in [-0.05, 0) is 49.1 Å². The highest BCUT2D eigenvalue weighted by Crippen LogP contribution is 2.26. The Hall–Kier alpha value is -1.83. The second-order valence-electron chi connectivity index (χ2n) is 4.30. The third kappa shape index (κ3) is 2.64. The molecule has 1 aromatic carbocycles. The van der Waals surface area contributed by atoms with Crippen LogP contribution in [0.2, 0.25) is 0 Å². The highest BCUT2D eigenvalue weighted by Gasteiger charge is 2.14. The van der Waals surface area contributed by atoms with Crippen LogP contribution in [0.5, 0.6) is 0 Å². The molecule has 1 aliphatic heterocycles. The zero-order valence-corrected chi connectivity index (χ0v) is 10.3. The smallest absolute Gasteiger partial charge is 0.224 e. The van der Waals surface area contributed by atoms with Crippen molar-refractivity contribution < 1.29 is 4.79 Å². The Morgan fingerprint density at radius 1 is 1.35 bits per heavy atom. The van der Waals surface area contributed by atoms with Gasteiger partial charge in [0.05, 0.1) is 0 Å². The van der Waals surface area contributed by atoms with Gasteiger partial charge >= 0.3 is 0 Å². The first-order chi connectivity index (χ1) is 8.20. The van der Waals surface area contributed by atoms with E-state index in [4.69, 9.17) is 0 Å². The van der Waals surface area contributed by atoms with Crippen molar-refractivity contribution in [2.45, 2.75) is 26.7 Å². The van der Waals surface area contributed by atoms with Crippen LogP contribution in [0.1, 0.15) is 31.4 Å². The summed E-state index contributed by atoms with van der Waals surface area (Å²) in [5.41, 5.74) is 4.65. The van der Waals surface area contributed by atoms with Crippen molar-refractivity contribution >= 4 is 17.2 Å². The van der Waals surface area contributed by atoms with Crippen molar-refractivity contribution in [3.05, 3.63) is 47.6 Å². The molecule has 0 spiro atoms. The molecule has 1 N–H and O–H groups in total. The maximum atomic E-state index is 11.3. The Kier molecular flexibility index (Phi) is 3.43. The van der Waals surface area contributed by atoms with Crippen LogP contribution in [0, 0.1) is 0 Å². The van der Waals surface area contributed by atoms with Crippen molar-refractivity contribution in [3.63, 3.8) is 0 Å². The number of rotatable bonds is 2. The summed E-state index contributed by atoms with van der Waals surface area (Å²) in [6.45, 7) is 4.11. The minimum atomic E-state index is 0.117. The standard InChI is InChI=1S/C15H17NO/c1-3-4-5-11(2)12-6-8-14-13(10-12)7-9-15(17)16-14/h3-6,8,10H,7,9H2,1-2H3,(H,16,17)/b4-3-,11-5+. The molecule has 1 heterocycles. The highest BCUT2D eigenvalue weighted by molar-refractivity contribution is 5.94. The average Bonchev–Trinajstić information content (AvgIpc) is 2.35. The zero-order chi connectivity index (χ0) is 12.3. The number of allylic oxidation sites excluding steroid dienone is 4. The van der Waals surface area contributed by atoms with Gasteiger partial charge in [-0.25, -0.2) is 0 Å². The zero-order valence-electron chi connectivity index (χ0n) is 10.3. The lowest BCUT2D eigenvalue weighted by Gasteiger charge is -2.17. The normalized spacial score (nSPS) is 15.9. The van der Waals surface area contributed by atoms with Gasteiger partial charge < -0.3 is 5.32 Å². The van der Waals surface area contributed by atoms with Crippen LogP contribution < -0.4 is 5.32 Å². The number of amides is 1. The largest absolute Gasteiger partial charge is 0.326 e. The molecule has 0 unspecified atom stereocenters. The number of carbonyl (C=O) groups excluding carboxylic acids is 1. The van der Waals surface area contributed by atoms with Gasteiger partial charge in [-0.3, -0.25) is 4.79 Å². The van der Waals surface area contributed by atoms with Crippen LogP contribution in [0.15, 0.2) is 36.4 Å². The number of hydrogen-bond acceptors (Lipinski definition) is 1. The molecular weight excluding hydrogens is 210 g/mol. The summed E-state index contributed by atoms with van der Waals surface area (Å²) >= 11 is 0. The van der Waals surface area contributed by atoms with Crippen molar-refractivity contribution in [1.29, 1.82) is 0 Å². The lowest BCUT2D eigenvalue weighted by atomic mass is 9.97. The predicted octanol–water partition coefficient (Wildman–Crippen LogP) is 3.55. The second-order valence-corrected chi connectivity index (χ2v) is 4.30. The maximum Gasteiger partial charge on any atom is 0.224 e. The van der Waals surface area contributed by atoms with Gasteiger partial charge in [0, 0.05) is 12.1 Å². The monoisotopic (exact) mass is 227 g/mol. The van der Waals surface area contributed by atoms with Crippen molar-refractivity contribution in [2.24, 2.45) is 0 Å².